The van der Waals surface area contributed by atoms with Gasteiger partial charge in [0.25, 0.3) is 0 Å². The first-order valence-electron chi connectivity index (χ1n) is 7.23. The van der Waals surface area contributed by atoms with E-state index in [0.29, 0.717) is 12.4 Å². The third-order valence-corrected chi connectivity index (χ3v) is 3.08. The Morgan fingerprint density at radius 2 is 1.90 bits per heavy atom. The fraction of sp³-hybridized carbons (Fsp3) is 0.562. The summed E-state index contributed by atoms with van der Waals surface area (Å²) in [4.78, 5) is 4.19. The molecule has 0 aliphatic heterocycles. The molecule has 0 fully saturated rings. The lowest BCUT2D eigenvalue weighted by Gasteiger charge is -2.18. The van der Waals surface area contributed by atoms with Crippen molar-refractivity contribution in [1.82, 2.24) is 0 Å². The molecule has 5 N–H and O–H groups in total. The van der Waals surface area contributed by atoms with Crippen LogP contribution in [-0.4, -0.2) is 36.7 Å². The minimum atomic E-state index is -0.354. The number of hydrogen-bond acceptors (Lipinski definition) is 4. The average molecular weight is 293 g/mol. The molecule has 1 atom stereocenters. The zero-order chi connectivity index (χ0) is 15.9. The standard InChI is InChI=1S/C16H27N3O2/c1-16(2,3)8-9-21-14-6-4-12(5-7-14)15(18)19-13(10-17)11-20/h4-7,13,20H,8-11,17H2,1-3H3,(H2,18,19)/t13-/m1/s1. The maximum Gasteiger partial charge on any atom is 0.126 e. The van der Waals surface area contributed by atoms with Gasteiger partial charge in [0.2, 0.25) is 0 Å². The van der Waals surface area contributed by atoms with Crippen LogP contribution in [0.4, 0.5) is 0 Å². The van der Waals surface area contributed by atoms with E-state index >= 15 is 0 Å². The number of aliphatic imine (C=N–C) groups is 1. The molecule has 5 nitrogen and oxygen atoms in total. The molecule has 0 aliphatic carbocycles. The molecule has 0 bridgehead atoms. The van der Waals surface area contributed by atoms with Gasteiger partial charge in [0, 0.05) is 12.1 Å². The van der Waals surface area contributed by atoms with Gasteiger partial charge in [0.1, 0.15) is 11.6 Å². The van der Waals surface area contributed by atoms with E-state index < -0.39 is 0 Å². The van der Waals surface area contributed by atoms with Crippen LogP contribution in [-0.2, 0) is 0 Å². The predicted octanol–water partition coefficient (Wildman–Crippen LogP) is 1.53. The molecule has 0 aromatic heterocycles. The monoisotopic (exact) mass is 293 g/mol. The first-order chi connectivity index (χ1) is 9.85. The van der Waals surface area contributed by atoms with Crippen LogP contribution in [0.15, 0.2) is 29.3 Å². The molecule has 1 aromatic rings. The molecule has 0 unspecified atom stereocenters. The molecule has 0 amide bonds. The van der Waals surface area contributed by atoms with Crippen LogP contribution in [0.25, 0.3) is 0 Å². The van der Waals surface area contributed by atoms with Crippen molar-refractivity contribution in [1.29, 1.82) is 0 Å². The van der Waals surface area contributed by atoms with Crippen molar-refractivity contribution in [2.75, 3.05) is 19.8 Å². The number of amidine groups is 1. The van der Waals surface area contributed by atoms with E-state index in [1.54, 1.807) is 0 Å². The molecule has 0 heterocycles. The number of rotatable bonds is 7. The highest BCUT2D eigenvalue weighted by atomic mass is 16.5. The molecule has 0 saturated heterocycles. The summed E-state index contributed by atoms with van der Waals surface area (Å²) in [6.45, 7) is 7.41. The van der Waals surface area contributed by atoms with E-state index in [1.807, 2.05) is 24.3 Å². The van der Waals surface area contributed by atoms with Gasteiger partial charge in [-0.2, -0.15) is 0 Å². The molecule has 1 aromatic carbocycles. The smallest absolute Gasteiger partial charge is 0.126 e. The zero-order valence-corrected chi connectivity index (χ0v) is 13.2. The van der Waals surface area contributed by atoms with Gasteiger partial charge in [-0.25, -0.2) is 0 Å². The lowest BCUT2D eigenvalue weighted by Crippen LogP contribution is -2.26. The number of aliphatic hydroxyl groups is 1. The van der Waals surface area contributed by atoms with Crippen molar-refractivity contribution in [3.63, 3.8) is 0 Å². The number of nitrogens with zero attached hydrogens (tertiary/aromatic N) is 1. The van der Waals surface area contributed by atoms with Crippen molar-refractivity contribution in [2.45, 2.75) is 33.2 Å². The Morgan fingerprint density at radius 3 is 2.38 bits per heavy atom. The topological polar surface area (TPSA) is 93.9 Å². The summed E-state index contributed by atoms with van der Waals surface area (Å²) in [5.41, 5.74) is 12.4. The van der Waals surface area contributed by atoms with Crippen LogP contribution in [0.1, 0.15) is 32.8 Å². The zero-order valence-electron chi connectivity index (χ0n) is 13.2. The van der Waals surface area contributed by atoms with Crippen molar-refractivity contribution in [2.24, 2.45) is 21.9 Å². The summed E-state index contributed by atoms with van der Waals surface area (Å²) >= 11 is 0. The molecule has 0 spiro atoms. The summed E-state index contributed by atoms with van der Waals surface area (Å²) in [5.74, 6) is 1.19. The Kier molecular flexibility index (Phi) is 6.65. The highest BCUT2D eigenvalue weighted by Crippen LogP contribution is 2.19. The van der Waals surface area contributed by atoms with Gasteiger partial charge >= 0.3 is 0 Å². The van der Waals surface area contributed by atoms with Crippen LogP contribution in [0.2, 0.25) is 0 Å². The van der Waals surface area contributed by atoms with Gasteiger partial charge in [-0.15, -0.1) is 0 Å². The lowest BCUT2D eigenvalue weighted by molar-refractivity contribution is 0.243. The fourth-order valence-electron chi connectivity index (χ4n) is 1.64. The van der Waals surface area contributed by atoms with Crippen LogP contribution in [0.5, 0.6) is 5.75 Å². The first kappa shape index (κ1) is 17.5. The summed E-state index contributed by atoms with van der Waals surface area (Å²) in [7, 11) is 0. The van der Waals surface area contributed by atoms with Crippen molar-refractivity contribution >= 4 is 5.84 Å². The van der Waals surface area contributed by atoms with E-state index in [0.717, 1.165) is 17.7 Å². The molecule has 118 valence electrons. The van der Waals surface area contributed by atoms with E-state index in [4.69, 9.17) is 21.3 Å². The second-order valence-corrected chi connectivity index (χ2v) is 6.27. The van der Waals surface area contributed by atoms with Crippen LogP contribution >= 0.6 is 0 Å². The second-order valence-electron chi connectivity index (χ2n) is 6.27. The minimum Gasteiger partial charge on any atom is -0.494 e. The van der Waals surface area contributed by atoms with Gasteiger partial charge in [-0.05, 0) is 36.1 Å². The Morgan fingerprint density at radius 1 is 1.29 bits per heavy atom. The van der Waals surface area contributed by atoms with Crippen molar-refractivity contribution in [3.8, 4) is 5.75 Å². The number of nitrogens with two attached hydrogens (primary N) is 2. The maximum absolute atomic E-state index is 9.07. The number of benzene rings is 1. The molecule has 0 saturated carbocycles. The predicted molar refractivity (Wildman–Crippen MR) is 86.7 cm³/mol. The van der Waals surface area contributed by atoms with Crippen molar-refractivity contribution in [3.05, 3.63) is 29.8 Å². The quantitative estimate of drug-likeness (QED) is 0.525. The van der Waals surface area contributed by atoms with Crippen LogP contribution in [0, 0.1) is 5.41 Å². The second kappa shape index (κ2) is 8.00. The third kappa shape index (κ3) is 6.60. The lowest BCUT2D eigenvalue weighted by atomic mass is 9.93. The van der Waals surface area contributed by atoms with Gasteiger partial charge < -0.3 is 21.3 Å². The Balaban J connectivity index is 2.61. The van der Waals surface area contributed by atoms with Crippen LogP contribution in [0.3, 0.4) is 0 Å². The highest BCUT2D eigenvalue weighted by molar-refractivity contribution is 5.97. The summed E-state index contributed by atoms with van der Waals surface area (Å²) in [5, 5.41) is 9.07. The normalized spacial score (nSPS) is 14.0. The molecule has 1 rings (SSSR count). The minimum absolute atomic E-state index is 0.106. The summed E-state index contributed by atoms with van der Waals surface area (Å²) < 4.78 is 5.70. The Labute approximate surface area is 127 Å². The van der Waals surface area contributed by atoms with Gasteiger partial charge in [-0.3, -0.25) is 4.99 Å². The van der Waals surface area contributed by atoms with Gasteiger partial charge in [0.05, 0.1) is 19.3 Å². The number of ether oxygens (including phenoxy) is 1. The SMILES string of the molecule is CC(C)(C)CCOc1ccc(C(N)=N[C@H](CN)CO)cc1. The van der Waals surface area contributed by atoms with E-state index in [2.05, 4.69) is 25.8 Å². The Hall–Kier alpha value is -1.59. The summed E-state index contributed by atoms with van der Waals surface area (Å²) in [6, 6.07) is 7.10. The average Bonchev–Trinajstić information content (AvgIpc) is 2.44. The molecular formula is C16H27N3O2. The molecular weight excluding hydrogens is 266 g/mol. The van der Waals surface area contributed by atoms with Gasteiger partial charge in [-0.1, -0.05) is 20.8 Å². The fourth-order valence-corrected chi connectivity index (χ4v) is 1.64. The molecule has 0 aliphatic rings. The maximum atomic E-state index is 9.07. The van der Waals surface area contributed by atoms with E-state index in [1.165, 1.54) is 0 Å². The van der Waals surface area contributed by atoms with Crippen LogP contribution < -0.4 is 16.2 Å². The molecule has 5 heteroatoms. The number of aliphatic hydroxyl groups excluding tert-OH is 1. The van der Waals surface area contributed by atoms with Crippen molar-refractivity contribution < 1.29 is 9.84 Å². The highest BCUT2D eigenvalue weighted by Gasteiger charge is 2.10. The third-order valence-electron chi connectivity index (χ3n) is 3.08. The first-order valence-corrected chi connectivity index (χ1v) is 7.23. The largest absolute Gasteiger partial charge is 0.494 e. The van der Waals surface area contributed by atoms with E-state index in [9.17, 15) is 0 Å². The summed E-state index contributed by atoms with van der Waals surface area (Å²) in [6.07, 6.45) is 0.993. The number of hydrogen-bond donors (Lipinski definition) is 3. The molecule has 0 radical (unpaired) electrons. The Bertz CT molecular complexity index is 446. The van der Waals surface area contributed by atoms with E-state index in [-0.39, 0.29) is 24.6 Å². The van der Waals surface area contributed by atoms with Gasteiger partial charge in [0.15, 0.2) is 0 Å². The molecule has 21 heavy (non-hydrogen) atoms.